The minimum atomic E-state index is -0.456. The first kappa shape index (κ1) is 21.0. The zero-order valence-corrected chi connectivity index (χ0v) is 18.6. The second-order valence-electron chi connectivity index (χ2n) is 8.39. The van der Waals surface area contributed by atoms with Gasteiger partial charge in [0.1, 0.15) is 5.82 Å². The van der Waals surface area contributed by atoms with Gasteiger partial charge in [-0.15, -0.1) is 10.2 Å². The van der Waals surface area contributed by atoms with Crippen molar-refractivity contribution in [3.05, 3.63) is 52.6 Å². The lowest BCUT2D eigenvalue weighted by atomic mass is 10.0. The number of ketones is 2. The maximum Gasteiger partial charge on any atom is 0.201 e. The Morgan fingerprint density at radius 3 is 2.71 bits per heavy atom. The molecule has 0 amide bonds. The molecule has 3 aromatic rings. The molecule has 1 atom stereocenters. The Hall–Kier alpha value is -3.22. The number of aromatic nitrogens is 4. The van der Waals surface area contributed by atoms with E-state index < -0.39 is 6.04 Å². The molecular formula is C24H29N5O2. The Labute approximate surface area is 182 Å². The van der Waals surface area contributed by atoms with E-state index in [4.69, 9.17) is 0 Å². The van der Waals surface area contributed by atoms with Crippen molar-refractivity contribution in [2.75, 3.05) is 5.32 Å². The number of aryl methyl sites for hydroxylation is 2. The van der Waals surface area contributed by atoms with Crippen LogP contribution in [-0.2, 0) is 13.0 Å². The molecule has 31 heavy (non-hydrogen) atoms. The van der Waals surface area contributed by atoms with Gasteiger partial charge in [0, 0.05) is 35.5 Å². The highest BCUT2D eigenvalue weighted by atomic mass is 16.1. The van der Waals surface area contributed by atoms with Gasteiger partial charge in [-0.1, -0.05) is 18.6 Å². The number of nitrogens with one attached hydrogen (secondary N) is 2. The molecule has 1 aromatic carbocycles. The topological polar surface area (TPSA) is 92.7 Å². The van der Waals surface area contributed by atoms with Gasteiger partial charge in [0.25, 0.3) is 0 Å². The number of hydrogen-bond donors (Lipinski definition) is 2. The van der Waals surface area contributed by atoms with E-state index in [0.717, 1.165) is 54.4 Å². The zero-order valence-electron chi connectivity index (χ0n) is 18.6. The van der Waals surface area contributed by atoms with Crippen molar-refractivity contribution in [1.29, 1.82) is 0 Å². The minimum absolute atomic E-state index is 0.0361. The number of anilines is 1. The standard InChI is InChI=1S/C24H29N5O2/c1-14-21(17(4)30)15(2)26-22(14)23(31)16(3)25-19-10-8-9-18(13-19)24-28-27-20-11-6-5-7-12-29(20)24/h8-10,13,16,25-26H,5-7,11-12H2,1-4H3. The molecule has 1 aliphatic rings. The number of nitrogens with zero attached hydrogens (tertiary/aromatic N) is 3. The molecule has 7 heteroatoms. The Kier molecular flexibility index (Phi) is 5.76. The lowest BCUT2D eigenvalue weighted by molar-refractivity contribution is 0.0970. The van der Waals surface area contributed by atoms with Crippen LogP contribution in [0, 0.1) is 13.8 Å². The summed E-state index contributed by atoms with van der Waals surface area (Å²) in [6.45, 7) is 7.94. The lowest BCUT2D eigenvalue weighted by Gasteiger charge is -2.15. The van der Waals surface area contributed by atoms with E-state index in [1.807, 2.05) is 45.0 Å². The van der Waals surface area contributed by atoms with Crippen LogP contribution in [0.2, 0.25) is 0 Å². The molecule has 1 unspecified atom stereocenters. The summed E-state index contributed by atoms with van der Waals surface area (Å²) in [6.07, 6.45) is 4.47. The fourth-order valence-electron chi connectivity index (χ4n) is 4.50. The summed E-state index contributed by atoms with van der Waals surface area (Å²) in [5.74, 6) is 1.82. The van der Waals surface area contributed by atoms with Gasteiger partial charge in [0.05, 0.1) is 11.7 Å². The Bertz CT molecular complexity index is 1140. The predicted molar refractivity (Wildman–Crippen MR) is 121 cm³/mol. The third kappa shape index (κ3) is 4.04. The van der Waals surface area contributed by atoms with Crippen LogP contribution in [-0.4, -0.2) is 37.4 Å². The Balaban J connectivity index is 1.56. The van der Waals surface area contributed by atoms with Crippen molar-refractivity contribution in [2.24, 2.45) is 0 Å². The summed E-state index contributed by atoms with van der Waals surface area (Å²) in [4.78, 5) is 28.1. The zero-order chi connectivity index (χ0) is 22.1. The minimum Gasteiger partial charge on any atom is -0.375 e. The molecule has 0 bridgehead atoms. The molecule has 0 spiro atoms. The van der Waals surface area contributed by atoms with Gasteiger partial charge in [0.15, 0.2) is 11.6 Å². The number of fused-ring (bicyclic) bond motifs is 1. The first-order valence-corrected chi connectivity index (χ1v) is 10.9. The second kappa shape index (κ2) is 8.49. The Morgan fingerprint density at radius 2 is 1.97 bits per heavy atom. The molecule has 0 radical (unpaired) electrons. The molecule has 0 saturated heterocycles. The quantitative estimate of drug-likeness (QED) is 0.574. The first-order valence-electron chi connectivity index (χ1n) is 10.9. The molecule has 2 aromatic heterocycles. The summed E-state index contributed by atoms with van der Waals surface area (Å²) in [6, 6.07) is 7.49. The van der Waals surface area contributed by atoms with E-state index in [2.05, 4.69) is 25.1 Å². The maximum absolute atomic E-state index is 13.1. The summed E-state index contributed by atoms with van der Waals surface area (Å²) in [7, 11) is 0. The molecule has 7 nitrogen and oxygen atoms in total. The number of rotatable bonds is 6. The average molecular weight is 420 g/mol. The van der Waals surface area contributed by atoms with Gasteiger partial charge in [-0.05, 0) is 58.2 Å². The summed E-state index contributed by atoms with van der Waals surface area (Å²) < 4.78 is 2.22. The van der Waals surface area contributed by atoms with Crippen LogP contribution >= 0.6 is 0 Å². The highest BCUT2D eigenvalue weighted by Crippen LogP contribution is 2.26. The van der Waals surface area contributed by atoms with E-state index in [9.17, 15) is 9.59 Å². The van der Waals surface area contributed by atoms with Crippen molar-refractivity contribution >= 4 is 17.3 Å². The fourth-order valence-corrected chi connectivity index (χ4v) is 4.50. The third-order valence-corrected chi connectivity index (χ3v) is 6.04. The van der Waals surface area contributed by atoms with Crippen molar-refractivity contribution in [3.8, 4) is 11.4 Å². The van der Waals surface area contributed by atoms with Crippen molar-refractivity contribution in [3.63, 3.8) is 0 Å². The number of Topliss-reactive ketones (excluding diaryl/α,β-unsaturated/α-hetero) is 2. The van der Waals surface area contributed by atoms with E-state index in [1.54, 1.807) is 0 Å². The third-order valence-electron chi connectivity index (χ3n) is 6.04. The number of aromatic amines is 1. The van der Waals surface area contributed by atoms with E-state index in [0.29, 0.717) is 16.8 Å². The normalized spacial score (nSPS) is 14.6. The summed E-state index contributed by atoms with van der Waals surface area (Å²) >= 11 is 0. The Morgan fingerprint density at radius 1 is 1.16 bits per heavy atom. The highest BCUT2D eigenvalue weighted by molar-refractivity contribution is 6.05. The summed E-state index contributed by atoms with van der Waals surface area (Å²) in [5, 5.41) is 12.1. The average Bonchev–Trinajstić information content (AvgIpc) is 3.18. The van der Waals surface area contributed by atoms with Gasteiger partial charge in [-0.25, -0.2) is 0 Å². The van der Waals surface area contributed by atoms with Crippen LogP contribution in [0.4, 0.5) is 5.69 Å². The van der Waals surface area contributed by atoms with Gasteiger partial charge < -0.3 is 14.9 Å². The number of hydrogen-bond acceptors (Lipinski definition) is 5. The van der Waals surface area contributed by atoms with E-state index in [1.165, 1.54) is 13.3 Å². The second-order valence-corrected chi connectivity index (χ2v) is 8.39. The van der Waals surface area contributed by atoms with Crippen LogP contribution in [0.5, 0.6) is 0 Å². The van der Waals surface area contributed by atoms with Crippen LogP contribution in [0.1, 0.15) is 71.0 Å². The van der Waals surface area contributed by atoms with Crippen molar-refractivity contribution < 1.29 is 9.59 Å². The van der Waals surface area contributed by atoms with E-state index in [-0.39, 0.29) is 11.6 Å². The molecule has 162 valence electrons. The van der Waals surface area contributed by atoms with Crippen molar-refractivity contribution in [1.82, 2.24) is 19.7 Å². The molecule has 1 aliphatic heterocycles. The fraction of sp³-hybridized carbons (Fsp3) is 0.417. The number of carbonyl (C=O) groups is 2. The molecular weight excluding hydrogens is 390 g/mol. The van der Waals surface area contributed by atoms with Crippen LogP contribution in [0.25, 0.3) is 11.4 Å². The van der Waals surface area contributed by atoms with Crippen molar-refractivity contribution in [2.45, 2.75) is 66.0 Å². The SMILES string of the molecule is CC(=O)c1c(C)[nH]c(C(=O)C(C)Nc2cccc(-c3nnc4n3CCCCC4)c2)c1C. The number of carbonyl (C=O) groups excluding carboxylic acids is 2. The van der Waals surface area contributed by atoms with Gasteiger partial charge in [0.2, 0.25) is 5.78 Å². The van der Waals surface area contributed by atoms with Crippen LogP contribution < -0.4 is 5.32 Å². The van der Waals surface area contributed by atoms with Gasteiger partial charge in [-0.3, -0.25) is 9.59 Å². The summed E-state index contributed by atoms with van der Waals surface area (Å²) in [5.41, 5.74) is 4.36. The lowest BCUT2D eigenvalue weighted by Crippen LogP contribution is -2.27. The van der Waals surface area contributed by atoms with Gasteiger partial charge >= 0.3 is 0 Å². The number of benzene rings is 1. The maximum atomic E-state index is 13.1. The monoisotopic (exact) mass is 419 g/mol. The molecule has 0 fully saturated rings. The molecule has 0 saturated carbocycles. The molecule has 2 N–H and O–H groups in total. The predicted octanol–water partition coefficient (Wildman–Crippen LogP) is 4.50. The molecule has 3 heterocycles. The smallest absolute Gasteiger partial charge is 0.201 e. The van der Waals surface area contributed by atoms with Gasteiger partial charge in [-0.2, -0.15) is 0 Å². The number of H-pyrrole nitrogens is 1. The van der Waals surface area contributed by atoms with E-state index >= 15 is 0 Å². The molecule has 0 aliphatic carbocycles. The van der Waals surface area contributed by atoms with Crippen LogP contribution in [0.3, 0.4) is 0 Å². The highest BCUT2D eigenvalue weighted by Gasteiger charge is 2.24. The largest absolute Gasteiger partial charge is 0.375 e. The van der Waals surface area contributed by atoms with Crippen LogP contribution in [0.15, 0.2) is 24.3 Å². The first-order chi connectivity index (χ1) is 14.9. The molecule has 4 rings (SSSR count).